The molecule has 8 aromatic carbocycles. The van der Waals surface area contributed by atoms with Crippen LogP contribution < -0.4 is 0 Å². The molecule has 0 amide bonds. The van der Waals surface area contributed by atoms with Crippen LogP contribution in [-0.2, 0) is 0 Å². The number of para-hydroxylation sites is 5. The zero-order chi connectivity index (χ0) is 36.5. The summed E-state index contributed by atoms with van der Waals surface area (Å²) in [7, 11) is 0. The molecule has 0 aliphatic carbocycles. The largest absolute Gasteiger partial charge is 0.309 e. The summed E-state index contributed by atoms with van der Waals surface area (Å²) in [5, 5.41) is 14.4. The first-order valence-electron chi connectivity index (χ1n) is 18.4. The van der Waals surface area contributed by atoms with Crippen molar-refractivity contribution in [1.29, 1.82) is 5.26 Å². The Labute approximate surface area is 316 Å². The molecule has 0 unspecified atom stereocenters. The Bertz CT molecular complexity index is 3280. The maximum Gasteiger partial charge on any atom is 0.145 e. The van der Waals surface area contributed by atoms with Gasteiger partial charge in [-0.2, -0.15) is 5.26 Å². The molecule has 55 heavy (non-hydrogen) atoms. The van der Waals surface area contributed by atoms with Crippen LogP contribution in [0.1, 0.15) is 5.56 Å². The van der Waals surface area contributed by atoms with Crippen molar-refractivity contribution >= 4 is 54.6 Å². The summed E-state index contributed by atoms with van der Waals surface area (Å²) >= 11 is 0. The van der Waals surface area contributed by atoms with Gasteiger partial charge in [0.15, 0.2) is 0 Å². The van der Waals surface area contributed by atoms with Crippen LogP contribution in [0.3, 0.4) is 0 Å². The minimum absolute atomic E-state index is 0.647. The van der Waals surface area contributed by atoms with Crippen LogP contribution in [-0.4, -0.2) is 18.7 Å². The lowest BCUT2D eigenvalue weighted by atomic mass is 10.0. The van der Waals surface area contributed by atoms with Crippen molar-refractivity contribution in [2.75, 3.05) is 0 Å². The Morgan fingerprint density at radius 3 is 1.55 bits per heavy atom. The maximum atomic E-state index is 9.84. The number of rotatable bonds is 5. The first kappa shape index (κ1) is 30.9. The predicted molar refractivity (Wildman–Crippen MR) is 225 cm³/mol. The van der Waals surface area contributed by atoms with Gasteiger partial charge in [-0.05, 0) is 90.0 Å². The van der Waals surface area contributed by atoms with Crippen molar-refractivity contribution in [2.45, 2.75) is 0 Å². The first-order chi connectivity index (χ1) is 27.2. The summed E-state index contributed by atoms with van der Waals surface area (Å²) in [4.78, 5) is 5.12. The summed E-state index contributed by atoms with van der Waals surface area (Å²) in [6.45, 7) is 0. The molecule has 256 valence electrons. The molecule has 0 fully saturated rings. The van der Waals surface area contributed by atoms with Gasteiger partial charge in [0.1, 0.15) is 5.82 Å². The molecule has 0 atom stereocenters. The molecule has 0 aliphatic heterocycles. The van der Waals surface area contributed by atoms with Gasteiger partial charge in [0, 0.05) is 44.2 Å². The van der Waals surface area contributed by atoms with Gasteiger partial charge in [-0.3, -0.25) is 4.57 Å². The highest BCUT2D eigenvalue weighted by molar-refractivity contribution is 6.11. The van der Waals surface area contributed by atoms with E-state index in [-0.39, 0.29) is 0 Å². The summed E-state index contributed by atoms with van der Waals surface area (Å²) in [6, 6.07) is 68.6. The second-order valence-corrected chi connectivity index (χ2v) is 14.0. The number of hydrogen-bond donors (Lipinski definition) is 0. The number of hydrogen-bond acceptors (Lipinski definition) is 2. The standard InChI is InChI=1S/C50H31N5/c51-32-33-25-26-48-43(27-33)42-19-6-10-23-47(42)54(48)39-30-36(29-38(31-39)53-45-21-8-4-17-40(45)41-18-5-9-22-46(41)53)35-15-12-16-37(28-35)55-49-24-11-7-20-44(49)52-50(55)34-13-2-1-3-14-34/h1-31H. The SMILES string of the molecule is N#Cc1ccc2c(c1)c1ccccc1n2-c1cc(-c2cccc(-n3c(-c4ccccc4)nc4ccccc43)c2)cc(-n2c3ccccc3c3ccccc32)c1. The zero-order valence-corrected chi connectivity index (χ0v) is 29.6. The Morgan fingerprint density at radius 1 is 0.364 bits per heavy atom. The van der Waals surface area contributed by atoms with E-state index in [0.717, 1.165) is 83.4 Å². The van der Waals surface area contributed by atoms with Gasteiger partial charge in [-0.1, -0.05) is 109 Å². The number of imidazole rings is 1. The molecule has 0 radical (unpaired) electrons. The van der Waals surface area contributed by atoms with Gasteiger partial charge in [-0.25, -0.2) is 4.98 Å². The molecule has 0 saturated heterocycles. The van der Waals surface area contributed by atoms with Gasteiger partial charge >= 0.3 is 0 Å². The molecule has 5 nitrogen and oxygen atoms in total. The van der Waals surface area contributed by atoms with Crippen molar-refractivity contribution < 1.29 is 0 Å². The van der Waals surface area contributed by atoms with Crippen molar-refractivity contribution in [3.63, 3.8) is 0 Å². The molecular formula is C50H31N5. The van der Waals surface area contributed by atoms with Gasteiger partial charge < -0.3 is 9.13 Å². The molecule has 11 rings (SSSR count). The maximum absolute atomic E-state index is 9.84. The van der Waals surface area contributed by atoms with E-state index < -0.39 is 0 Å². The van der Waals surface area contributed by atoms with E-state index in [4.69, 9.17) is 4.98 Å². The molecule has 0 spiro atoms. The molecule has 11 aromatic rings. The summed E-state index contributed by atoms with van der Waals surface area (Å²) < 4.78 is 7.00. The number of nitrogens with zero attached hydrogens (tertiary/aromatic N) is 5. The Hall–Kier alpha value is -7.68. The Morgan fingerprint density at radius 2 is 0.891 bits per heavy atom. The van der Waals surface area contributed by atoms with Crippen LogP contribution in [0.15, 0.2) is 188 Å². The quantitative estimate of drug-likeness (QED) is 0.179. The van der Waals surface area contributed by atoms with Gasteiger partial charge in [-0.15, -0.1) is 0 Å². The molecule has 0 bridgehead atoms. The highest BCUT2D eigenvalue weighted by Crippen LogP contribution is 2.39. The molecule has 0 N–H and O–H groups in total. The second kappa shape index (κ2) is 12.2. The summed E-state index contributed by atoms with van der Waals surface area (Å²) in [5.74, 6) is 0.903. The highest BCUT2D eigenvalue weighted by Gasteiger charge is 2.19. The fourth-order valence-corrected chi connectivity index (χ4v) is 8.43. The lowest BCUT2D eigenvalue weighted by molar-refractivity contribution is 1.10. The predicted octanol–water partition coefficient (Wildman–Crippen LogP) is 12.4. The van der Waals surface area contributed by atoms with Crippen LogP contribution in [0, 0.1) is 11.3 Å². The van der Waals surface area contributed by atoms with Crippen LogP contribution in [0.5, 0.6) is 0 Å². The van der Waals surface area contributed by atoms with Crippen molar-refractivity contribution in [1.82, 2.24) is 18.7 Å². The lowest BCUT2D eigenvalue weighted by Crippen LogP contribution is -2.01. The van der Waals surface area contributed by atoms with E-state index in [9.17, 15) is 5.26 Å². The zero-order valence-electron chi connectivity index (χ0n) is 29.6. The molecule has 5 heteroatoms. The third kappa shape index (κ3) is 4.83. The third-order valence-corrected chi connectivity index (χ3v) is 10.8. The van der Waals surface area contributed by atoms with Crippen LogP contribution >= 0.6 is 0 Å². The molecule has 3 aromatic heterocycles. The number of nitriles is 1. The van der Waals surface area contributed by atoms with E-state index in [0.29, 0.717) is 5.56 Å². The smallest absolute Gasteiger partial charge is 0.145 e. The van der Waals surface area contributed by atoms with Crippen LogP contribution in [0.25, 0.3) is 94.2 Å². The first-order valence-corrected chi connectivity index (χ1v) is 18.4. The Kier molecular flexibility index (Phi) is 6.85. The van der Waals surface area contributed by atoms with E-state index in [1.165, 1.54) is 10.8 Å². The van der Waals surface area contributed by atoms with Crippen molar-refractivity contribution in [3.05, 3.63) is 194 Å². The average molecular weight is 702 g/mol. The van der Waals surface area contributed by atoms with Crippen molar-refractivity contribution in [2.24, 2.45) is 0 Å². The molecular weight excluding hydrogens is 671 g/mol. The van der Waals surface area contributed by atoms with Gasteiger partial charge in [0.05, 0.1) is 44.7 Å². The van der Waals surface area contributed by atoms with E-state index in [1.54, 1.807) is 0 Å². The minimum atomic E-state index is 0.647. The third-order valence-electron chi connectivity index (χ3n) is 10.8. The monoisotopic (exact) mass is 701 g/mol. The summed E-state index contributed by atoms with van der Waals surface area (Å²) in [6.07, 6.45) is 0. The number of fused-ring (bicyclic) bond motifs is 7. The minimum Gasteiger partial charge on any atom is -0.309 e. The normalized spacial score (nSPS) is 11.6. The molecule has 0 saturated carbocycles. The molecule has 3 heterocycles. The summed E-state index contributed by atoms with van der Waals surface area (Å²) in [5.41, 5.74) is 13.5. The Balaban J connectivity index is 1.20. The van der Waals surface area contributed by atoms with Crippen LogP contribution in [0.2, 0.25) is 0 Å². The average Bonchev–Trinajstić information content (AvgIpc) is 3.92. The van der Waals surface area contributed by atoms with E-state index in [2.05, 4.69) is 184 Å². The highest BCUT2D eigenvalue weighted by atomic mass is 15.1. The molecule has 0 aliphatic rings. The van der Waals surface area contributed by atoms with Gasteiger partial charge in [0.2, 0.25) is 0 Å². The van der Waals surface area contributed by atoms with Crippen LogP contribution in [0.4, 0.5) is 0 Å². The van der Waals surface area contributed by atoms with E-state index in [1.807, 2.05) is 24.3 Å². The number of benzene rings is 8. The lowest BCUT2D eigenvalue weighted by Gasteiger charge is -2.17. The van der Waals surface area contributed by atoms with Crippen molar-refractivity contribution in [3.8, 4) is 45.6 Å². The fourth-order valence-electron chi connectivity index (χ4n) is 8.43. The fraction of sp³-hybridized carbons (Fsp3) is 0. The topological polar surface area (TPSA) is 51.5 Å². The van der Waals surface area contributed by atoms with E-state index >= 15 is 0 Å². The number of aromatic nitrogens is 4. The van der Waals surface area contributed by atoms with Gasteiger partial charge in [0.25, 0.3) is 0 Å². The second-order valence-electron chi connectivity index (χ2n) is 14.0.